The molecule has 0 amide bonds. The molecule has 2 heterocycles. The van der Waals surface area contributed by atoms with Crippen LogP contribution in [0.5, 0.6) is 28.7 Å². The molecule has 12 heteroatoms. The quantitative estimate of drug-likeness (QED) is 0.238. The molecule has 1 aromatic heterocycles. The van der Waals surface area contributed by atoms with E-state index >= 15 is 0 Å². The van der Waals surface area contributed by atoms with Crippen molar-refractivity contribution in [2.24, 2.45) is 0 Å². The molecule has 182 valence electrons. The summed E-state index contributed by atoms with van der Waals surface area (Å²) in [7, 11) is 1.19. The summed E-state index contributed by atoms with van der Waals surface area (Å²) in [5, 5.41) is 69.2. The second-order valence-electron chi connectivity index (χ2n) is 7.63. The number of hydrogen-bond acceptors (Lipinski definition) is 12. The Morgan fingerprint density at radius 2 is 1.74 bits per heavy atom. The zero-order valence-corrected chi connectivity index (χ0v) is 17.7. The van der Waals surface area contributed by atoms with Gasteiger partial charge in [0.15, 0.2) is 23.0 Å². The van der Waals surface area contributed by atoms with Gasteiger partial charge in [0.25, 0.3) is 0 Å². The van der Waals surface area contributed by atoms with Gasteiger partial charge >= 0.3 is 0 Å². The van der Waals surface area contributed by atoms with Crippen molar-refractivity contribution in [3.05, 3.63) is 40.8 Å². The third kappa shape index (κ3) is 3.87. The van der Waals surface area contributed by atoms with E-state index in [1.165, 1.54) is 25.3 Å². The van der Waals surface area contributed by atoms with Crippen LogP contribution in [0.1, 0.15) is 0 Å². The molecule has 2 aromatic carbocycles. The molecule has 5 unspecified atom stereocenters. The molecule has 1 saturated heterocycles. The summed E-state index contributed by atoms with van der Waals surface area (Å²) < 4.78 is 21.5. The number of phenolic OH excluding ortho intramolecular Hbond substituents is 3. The lowest BCUT2D eigenvalue weighted by Crippen LogP contribution is -2.60. The molecule has 0 spiro atoms. The average Bonchev–Trinajstić information content (AvgIpc) is 2.81. The van der Waals surface area contributed by atoms with Crippen LogP contribution in [0.25, 0.3) is 22.1 Å². The van der Waals surface area contributed by atoms with Crippen molar-refractivity contribution in [2.75, 3.05) is 13.7 Å². The van der Waals surface area contributed by atoms with Gasteiger partial charge in [0.05, 0.1) is 19.3 Å². The fraction of sp³-hybridized carbons (Fsp3) is 0.318. The second kappa shape index (κ2) is 9.00. The molecule has 0 saturated carbocycles. The Morgan fingerprint density at radius 1 is 1.00 bits per heavy atom. The monoisotopic (exact) mass is 478 g/mol. The maximum absolute atomic E-state index is 13.1. The lowest BCUT2D eigenvalue weighted by Gasteiger charge is -2.39. The van der Waals surface area contributed by atoms with Gasteiger partial charge in [0, 0.05) is 6.07 Å². The van der Waals surface area contributed by atoms with Crippen LogP contribution in [0.4, 0.5) is 0 Å². The maximum Gasteiger partial charge on any atom is 0.229 e. The molecular weight excluding hydrogens is 456 g/mol. The van der Waals surface area contributed by atoms with E-state index in [0.29, 0.717) is 0 Å². The van der Waals surface area contributed by atoms with E-state index in [1.807, 2.05) is 0 Å². The molecule has 12 nitrogen and oxygen atoms in total. The van der Waals surface area contributed by atoms with E-state index in [1.54, 1.807) is 0 Å². The van der Waals surface area contributed by atoms with Crippen molar-refractivity contribution in [2.45, 2.75) is 30.7 Å². The molecule has 7 N–H and O–H groups in total. The highest BCUT2D eigenvalue weighted by Gasteiger charge is 2.45. The molecule has 1 fully saturated rings. The van der Waals surface area contributed by atoms with Crippen LogP contribution in [0, 0.1) is 0 Å². The highest BCUT2D eigenvalue weighted by molar-refractivity contribution is 5.91. The minimum absolute atomic E-state index is 0.0252. The van der Waals surface area contributed by atoms with Crippen molar-refractivity contribution in [3.8, 4) is 39.9 Å². The SMILES string of the molecule is COc1c(OC2OC(CO)C(O)C(O)C2O)cc2occ(-c3ccc(O)c(O)c3)c(=O)c2c1O. The number of ether oxygens (including phenoxy) is 3. The fourth-order valence-electron chi connectivity index (χ4n) is 3.69. The van der Waals surface area contributed by atoms with Crippen molar-refractivity contribution in [3.63, 3.8) is 0 Å². The van der Waals surface area contributed by atoms with E-state index in [-0.39, 0.29) is 39.3 Å². The third-order valence-corrected chi connectivity index (χ3v) is 5.54. The molecule has 0 aliphatic carbocycles. The van der Waals surface area contributed by atoms with Crippen molar-refractivity contribution in [1.29, 1.82) is 0 Å². The molecule has 0 bridgehead atoms. The molecule has 5 atom stereocenters. The number of hydrogen-bond donors (Lipinski definition) is 7. The predicted molar refractivity (Wildman–Crippen MR) is 114 cm³/mol. The van der Waals surface area contributed by atoms with E-state index in [0.717, 1.165) is 12.3 Å². The molecule has 3 aromatic rings. The average molecular weight is 478 g/mol. The standard InChI is InChI=1S/C22H22O12/c1-31-21-13(33-22-20(30)19(29)17(27)14(6-23)34-22)5-12-15(18(21)28)16(26)9(7-32-12)8-2-3-10(24)11(25)4-8/h2-5,7,14,17,19-20,22-25,27-30H,6H2,1H3. The topological polar surface area (TPSA) is 200 Å². The van der Waals surface area contributed by atoms with Crippen LogP contribution in [-0.2, 0) is 4.74 Å². The van der Waals surface area contributed by atoms with Crippen LogP contribution in [-0.4, -0.2) is 80.2 Å². The van der Waals surface area contributed by atoms with Gasteiger partial charge in [-0.3, -0.25) is 4.79 Å². The van der Waals surface area contributed by atoms with Crippen molar-refractivity contribution >= 4 is 11.0 Å². The van der Waals surface area contributed by atoms with Gasteiger partial charge in [-0.15, -0.1) is 0 Å². The normalized spacial score (nSPS) is 24.8. The Kier molecular flexibility index (Phi) is 6.25. The summed E-state index contributed by atoms with van der Waals surface area (Å²) in [6.45, 7) is -0.671. The zero-order chi connectivity index (χ0) is 24.7. The molecule has 0 radical (unpaired) electrons. The minimum Gasteiger partial charge on any atom is -0.504 e. The van der Waals surface area contributed by atoms with Gasteiger partial charge in [-0.2, -0.15) is 0 Å². The molecule has 1 aliphatic rings. The summed E-state index contributed by atoms with van der Waals surface area (Å²) in [5.41, 5.74) is -0.620. The van der Waals surface area contributed by atoms with Gasteiger partial charge in [0.1, 0.15) is 41.6 Å². The predicted octanol–water partition coefficient (Wildman–Crippen LogP) is -0.236. The first-order valence-electron chi connectivity index (χ1n) is 10.0. The first-order valence-corrected chi connectivity index (χ1v) is 10.0. The van der Waals surface area contributed by atoms with Crippen LogP contribution >= 0.6 is 0 Å². The summed E-state index contributed by atoms with van der Waals surface area (Å²) in [6, 6.07) is 4.90. The molecule has 34 heavy (non-hydrogen) atoms. The molecule has 1 aliphatic heterocycles. The van der Waals surface area contributed by atoms with E-state index in [2.05, 4.69) is 0 Å². The summed E-state index contributed by atoms with van der Waals surface area (Å²) in [6.07, 6.45) is -6.74. The van der Waals surface area contributed by atoms with Crippen molar-refractivity contribution < 1.29 is 54.4 Å². The van der Waals surface area contributed by atoms with Gasteiger partial charge < -0.3 is 54.4 Å². The van der Waals surface area contributed by atoms with Gasteiger partial charge in [-0.05, 0) is 17.7 Å². The fourth-order valence-corrected chi connectivity index (χ4v) is 3.69. The minimum atomic E-state index is -1.73. The smallest absolute Gasteiger partial charge is 0.229 e. The second-order valence-corrected chi connectivity index (χ2v) is 7.63. The summed E-state index contributed by atoms with van der Waals surface area (Å²) in [4.78, 5) is 13.1. The lowest BCUT2D eigenvalue weighted by molar-refractivity contribution is -0.277. The number of aliphatic hydroxyl groups excluding tert-OH is 4. The molecule has 4 rings (SSSR count). The summed E-state index contributed by atoms with van der Waals surface area (Å²) >= 11 is 0. The number of benzene rings is 2. The summed E-state index contributed by atoms with van der Waals surface area (Å²) in [5.74, 6) is -2.04. The number of rotatable bonds is 5. The number of fused-ring (bicyclic) bond motifs is 1. The number of methoxy groups -OCH3 is 1. The number of aromatic hydroxyl groups is 3. The maximum atomic E-state index is 13.1. The highest BCUT2D eigenvalue weighted by atomic mass is 16.7. The van der Waals surface area contributed by atoms with E-state index in [9.17, 15) is 40.5 Å². The number of aliphatic hydroxyl groups is 4. The van der Waals surface area contributed by atoms with Gasteiger partial charge in [-0.25, -0.2) is 0 Å². The largest absolute Gasteiger partial charge is 0.504 e. The highest BCUT2D eigenvalue weighted by Crippen LogP contribution is 2.43. The third-order valence-electron chi connectivity index (χ3n) is 5.54. The Labute approximate surface area is 191 Å². The first kappa shape index (κ1) is 23.6. The Morgan fingerprint density at radius 3 is 2.38 bits per heavy atom. The van der Waals surface area contributed by atoms with E-state index < -0.39 is 54.2 Å². The van der Waals surface area contributed by atoms with Crippen LogP contribution in [0.2, 0.25) is 0 Å². The zero-order valence-electron chi connectivity index (χ0n) is 17.7. The first-order chi connectivity index (χ1) is 16.2. The van der Waals surface area contributed by atoms with Crippen molar-refractivity contribution in [1.82, 2.24) is 0 Å². The Hall–Kier alpha value is -3.55. The van der Waals surface area contributed by atoms with Gasteiger partial charge in [0.2, 0.25) is 17.5 Å². The van der Waals surface area contributed by atoms with Crippen LogP contribution in [0.15, 0.2) is 39.7 Å². The van der Waals surface area contributed by atoms with Crippen LogP contribution < -0.4 is 14.9 Å². The Balaban J connectivity index is 1.78. The Bertz CT molecular complexity index is 1270. The number of phenols is 3. The lowest BCUT2D eigenvalue weighted by atomic mass is 9.99. The van der Waals surface area contributed by atoms with E-state index in [4.69, 9.17) is 18.6 Å². The van der Waals surface area contributed by atoms with Crippen LogP contribution in [0.3, 0.4) is 0 Å². The van der Waals surface area contributed by atoms with Gasteiger partial charge in [-0.1, -0.05) is 6.07 Å². The molecular formula is C22H22O12.